The zero-order valence-electron chi connectivity index (χ0n) is 16.1. The predicted molar refractivity (Wildman–Crippen MR) is 106 cm³/mol. The molecule has 0 aliphatic carbocycles. The maximum atomic E-state index is 13.5. The number of benzene rings is 1. The fourth-order valence-electron chi connectivity index (χ4n) is 3.79. The van der Waals surface area contributed by atoms with Crippen LogP contribution in [0.25, 0.3) is 11.0 Å². The van der Waals surface area contributed by atoms with Crippen molar-refractivity contribution in [2.45, 2.75) is 26.8 Å². The molecule has 1 aliphatic heterocycles. The predicted octanol–water partition coefficient (Wildman–Crippen LogP) is 3.85. The average Bonchev–Trinajstić information content (AvgIpc) is 3.26. The summed E-state index contributed by atoms with van der Waals surface area (Å²) in [6.45, 7) is 5.63. The Morgan fingerprint density at radius 2 is 1.72 bits per heavy atom. The van der Waals surface area contributed by atoms with Gasteiger partial charge in [-0.25, -0.2) is 0 Å². The van der Waals surface area contributed by atoms with Gasteiger partial charge in [-0.15, -0.1) is 0 Å². The smallest absolute Gasteiger partial charge is 0.296 e. The molecule has 0 radical (unpaired) electrons. The molecule has 4 heterocycles. The van der Waals surface area contributed by atoms with Gasteiger partial charge in [0, 0.05) is 18.5 Å². The number of nitrogens with zero attached hydrogens (tertiary/aromatic N) is 3. The SMILES string of the molecule is Cc1cc(N2C(=O)c3oc4cc(C)c(C)cc4c(=O)c3[C@H]2c2ccncc2)no1. The van der Waals surface area contributed by atoms with Crippen molar-refractivity contribution in [3.8, 4) is 0 Å². The van der Waals surface area contributed by atoms with Gasteiger partial charge in [-0.3, -0.25) is 19.5 Å². The number of aryl methyl sites for hydroxylation is 3. The van der Waals surface area contributed by atoms with Crippen LogP contribution in [0.5, 0.6) is 0 Å². The number of pyridine rings is 1. The van der Waals surface area contributed by atoms with Gasteiger partial charge in [0.2, 0.25) is 5.76 Å². The molecule has 144 valence electrons. The molecule has 7 nitrogen and oxygen atoms in total. The molecular weight excluding hydrogens is 370 g/mol. The highest BCUT2D eigenvalue weighted by Gasteiger charge is 2.44. The van der Waals surface area contributed by atoms with Crippen LogP contribution in [0, 0.1) is 20.8 Å². The fourth-order valence-corrected chi connectivity index (χ4v) is 3.79. The summed E-state index contributed by atoms with van der Waals surface area (Å²) in [4.78, 5) is 32.3. The number of carbonyl (C=O) groups is 1. The van der Waals surface area contributed by atoms with E-state index in [4.69, 9.17) is 8.94 Å². The second kappa shape index (κ2) is 6.13. The molecule has 7 heteroatoms. The summed E-state index contributed by atoms with van der Waals surface area (Å²) in [6, 6.07) is 8.15. The molecule has 0 unspecified atom stereocenters. The van der Waals surface area contributed by atoms with E-state index >= 15 is 0 Å². The standard InChI is InChI=1S/C22H17N3O4/c1-11-8-15-16(9-12(11)2)28-21-18(20(15)26)19(14-4-6-23-7-5-14)25(22(21)27)17-10-13(3)29-24-17/h4-10,19H,1-3H3/t19-/m1/s1. The first-order chi connectivity index (χ1) is 14.0. The zero-order chi connectivity index (χ0) is 20.3. The Balaban J connectivity index is 1.84. The summed E-state index contributed by atoms with van der Waals surface area (Å²) in [5.74, 6) is 0.505. The molecule has 1 amide bonds. The van der Waals surface area contributed by atoms with E-state index in [0.717, 1.165) is 16.7 Å². The first-order valence-corrected chi connectivity index (χ1v) is 9.20. The quantitative estimate of drug-likeness (QED) is 0.519. The second-order valence-corrected chi connectivity index (χ2v) is 7.26. The van der Waals surface area contributed by atoms with Gasteiger partial charge in [0.25, 0.3) is 5.91 Å². The first kappa shape index (κ1) is 17.4. The van der Waals surface area contributed by atoms with E-state index in [-0.39, 0.29) is 11.2 Å². The Bertz CT molecular complexity index is 1340. The molecule has 0 fully saturated rings. The summed E-state index contributed by atoms with van der Waals surface area (Å²) in [7, 11) is 0. The van der Waals surface area contributed by atoms with Gasteiger partial charge < -0.3 is 8.94 Å². The van der Waals surface area contributed by atoms with Crippen LogP contribution in [0.1, 0.15) is 44.6 Å². The highest BCUT2D eigenvalue weighted by molar-refractivity contribution is 6.10. The third kappa shape index (κ3) is 2.51. The van der Waals surface area contributed by atoms with Crippen molar-refractivity contribution in [3.05, 3.63) is 86.7 Å². The molecule has 0 saturated carbocycles. The van der Waals surface area contributed by atoms with Crippen LogP contribution in [0.2, 0.25) is 0 Å². The van der Waals surface area contributed by atoms with Crippen LogP contribution >= 0.6 is 0 Å². The fraction of sp³-hybridized carbons (Fsp3) is 0.182. The number of anilines is 1. The Labute approximate surface area is 165 Å². The number of carbonyl (C=O) groups excluding carboxylic acids is 1. The number of hydrogen-bond acceptors (Lipinski definition) is 6. The minimum atomic E-state index is -0.674. The van der Waals surface area contributed by atoms with Gasteiger partial charge in [0.1, 0.15) is 11.3 Å². The van der Waals surface area contributed by atoms with E-state index in [9.17, 15) is 9.59 Å². The third-order valence-electron chi connectivity index (χ3n) is 5.37. The molecule has 0 bridgehead atoms. The maximum absolute atomic E-state index is 13.5. The normalized spacial score (nSPS) is 15.9. The molecule has 5 rings (SSSR count). The Morgan fingerprint density at radius 1 is 1.00 bits per heavy atom. The maximum Gasteiger partial charge on any atom is 0.296 e. The van der Waals surface area contributed by atoms with Crippen LogP contribution < -0.4 is 10.3 Å². The van der Waals surface area contributed by atoms with E-state index < -0.39 is 11.9 Å². The van der Waals surface area contributed by atoms with Crippen molar-refractivity contribution >= 4 is 22.7 Å². The van der Waals surface area contributed by atoms with Crippen molar-refractivity contribution in [3.63, 3.8) is 0 Å². The topological polar surface area (TPSA) is 89.4 Å². The lowest BCUT2D eigenvalue weighted by atomic mass is 9.98. The van der Waals surface area contributed by atoms with Gasteiger partial charge in [0.05, 0.1) is 17.0 Å². The van der Waals surface area contributed by atoms with E-state index in [1.54, 1.807) is 43.6 Å². The Morgan fingerprint density at radius 3 is 2.41 bits per heavy atom. The number of amides is 1. The Kier molecular flexibility index (Phi) is 3.67. The van der Waals surface area contributed by atoms with Crippen LogP contribution in [0.3, 0.4) is 0 Å². The van der Waals surface area contributed by atoms with Crippen molar-refractivity contribution in [2.24, 2.45) is 0 Å². The lowest BCUT2D eigenvalue weighted by Crippen LogP contribution is -2.29. The summed E-state index contributed by atoms with van der Waals surface area (Å²) < 4.78 is 11.2. The number of hydrogen-bond donors (Lipinski definition) is 0. The van der Waals surface area contributed by atoms with Gasteiger partial charge >= 0.3 is 0 Å². The monoisotopic (exact) mass is 387 g/mol. The number of fused-ring (bicyclic) bond motifs is 2. The van der Waals surface area contributed by atoms with E-state index in [0.29, 0.717) is 28.1 Å². The van der Waals surface area contributed by atoms with Crippen LogP contribution in [0.15, 0.2) is 56.5 Å². The highest BCUT2D eigenvalue weighted by Crippen LogP contribution is 2.40. The minimum absolute atomic E-state index is 0.0354. The summed E-state index contributed by atoms with van der Waals surface area (Å²) in [6.07, 6.45) is 3.25. The lowest BCUT2D eigenvalue weighted by molar-refractivity contribution is 0.0969. The number of rotatable bonds is 2. The Hall–Kier alpha value is -3.74. The first-order valence-electron chi connectivity index (χ1n) is 9.20. The highest BCUT2D eigenvalue weighted by atomic mass is 16.5. The van der Waals surface area contributed by atoms with Crippen molar-refractivity contribution < 1.29 is 13.7 Å². The third-order valence-corrected chi connectivity index (χ3v) is 5.37. The van der Waals surface area contributed by atoms with Crippen molar-refractivity contribution in [1.29, 1.82) is 0 Å². The van der Waals surface area contributed by atoms with Gasteiger partial charge in [0.15, 0.2) is 11.2 Å². The van der Waals surface area contributed by atoms with Gasteiger partial charge in [-0.2, -0.15) is 0 Å². The molecule has 1 aromatic carbocycles. The lowest BCUT2D eigenvalue weighted by Gasteiger charge is -2.22. The number of aromatic nitrogens is 2. The van der Waals surface area contributed by atoms with E-state index in [1.165, 1.54) is 4.90 Å². The molecule has 4 aromatic rings. The molecule has 29 heavy (non-hydrogen) atoms. The summed E-state index contributed by atoms with van der Waals surface area (Å²) >= 11 is 0. The summed E-state index contributed by atoms with van der Waals surface area (Å²) in [5, 5.41) is 4.46. The second-order valence-electron chi connectivity index (χ2n) is 7.26. The zero-order valence-corrected chi connectivity index (χ0v) is 16.1. The molecule has 3 aromatic heterocycles. The van der Waals surface area contributed by atoms with Crippen LogP contribution in [-0.2, 0) is 0 Å². The van der Waals surface area contributed by atoms with Crippen LogP contribution in [-0.4, -0.2) is 16.0 Å². The molecule has 1 atom stereocenters. The molecular formula is C22H17N3O4. The molecule has 0 saturated heterocycles. The van der Waals surface area contributed by atoms with Gasteiger partial charge in [-0.1, -0.05) is 5.16 Å². The van der Waals surface area contributed by atoms with Crippen molar-refractivity contribution in [2.75, 3.05) is 4.90 Å². The average molecular weight is 387 g/mol. The minimum Gasteiger partial charge on any atom is -0.450 e. The molecule has 1 aliphatic rings. The van der Waals surface area contributed by atoms with Crippen molar-refractivity contribution in [1.82, 2.24) is 10.1 Å². The van der Waals surface area contributed by atoms with Crippen LogP contribution in [0.4, 0.5) is 5.82 Å². The van der Waals surface area contributed by atoms with Gasteiger partial charge in [-0.05, 0) is 61.7 Å². The summed E-state index contributed by atoms with van der Waals surface area (Å²) in [5.41, 5.74) is 3.19. The molecule has 0 N–H and O–H groups in total. The largest absolute Gasteiger partial charge is 0.450 e. The van der Waals surface area contributed by atoms with E-state index in [2.05, 4.69) is 10.1 Å². The van der Waals surface area contributed by atoms with E-state index in [1.807, 2.05) is 19.9 Å². The molecule has 0 spiro atoms.